The van der Waals surface area contributed by atoms with E-state index in [-0.39, 0.29) is 55.8 Å². The summed E-state index contributed by atoms with van der Waals surface area (Å²) < 4.78 is 81.1. The summed E-state index contributed by atoms with van der Waals surface area (Å²) in [7, 11) is -9.09. The SMILES string of the molecule is CC(C)c1cccc(C(C)C)c1N1C(=O)c2cc(Oc3ccc(S(=O)(=O)O)cc3)c3c4cccc5c(C#CCCCCN=[N+]=[N-])ccc(c6c(Oc7ccc(S(=O)(=O)O)cc7)cc(c2c36)C1=O)c54. The topological polar surface area (TPSA) is 213 Å². The number of anilines is 1. The molecule has 2 amide bonds. The smallest absolute Gasteiger partial charge is 0.294 e. The molecule has 0 radical (unpaired) electrons. The molecule has 8 aromatic rings. The number of rotatable bonds is 13. The van der Waals surface area contributed by atoms with Crippen LogP contribution in [0.15, 0.2) is 124 Å². The number of carbonyl (C=O) groups excluding carboxylic acids is 2. The number of benzene rings is 8. The van der Waals surface area contributed by atoms with Crippen molar-refractivity contribution in [2.45, 2.75) is 68.6 Å². The van der Waals surface area contributed by atoms with Crippen LogP contribution in [0, 0.1) is 11.8 Å². The fraction of sp³-hybridized carbons (Fsp3) is 0.192. The molecule has 2 N–H and O–H groups in total. The molecule has 9 rings (SSSR count). The number of azide groups is 1. The van der Waals surface area contributed by atoms with Crippen LogP contribution in [0.5, 0.6) is 23.0 Å². The molecule has 0 atom stereocenters. The van der Waals surface area contributed by atoms with E-state index in [4.69, 9.17) is 15.0 Å². The van der Waals surface area contributed by atoms with Crippen LogP contribution in [-0.2, 0) is 20.2 Å². The van der Waals surface area contributed by atoms with E-state index in [0.717, 1.165) is 28.3 Å². The quantitative estimate of drug-likeness (QED) is 0.0128. The zero-order valence-corrected chi connectivity index (χ0v) is 38.8. The van der Waals surface area contributed by atoms with Crippen molar-refractivity contribution < 1.29 is 45.0 Å². The van der Waals surface area contributed by atoms with Crippen LogP contribution in [-0.4, -0.2) is 44.3 Å². The van der Waals surface area contributed by atoms with Crippen LogP contribution in [0.4, 0.5) is 5.69 Å². The lowest BCUT2D eigenvalue weighted by molar-refractivity contribution is 0.0892. The van der Waals surface area contributed by atoms with E-state index in [1.165, 1.54) is 53.4 Å². The van der Waals surface area contributed by atoms with Crippen LogP contribution < -0.4 is 14.4 Å². The standard InChI is InChI=1S/C52H42N4O10S2/c1-29(2)36-12-9-13-37(30(3)4)50(36)56-51(57)41-27-43(65-32-17-21-34(22-18-32)67(59,60)61)47-39-15-10-14-38-31(11-7-5-6-8-26-54-55-53)16-25-40(45(38)39)48-44(28-42(52(56)58)46(41)49(47)48)66-33-19-23-35(24-20-33)68(62,63)64/h9-10,12-25,27-30H,5-6,8,26H2,1-4H3,(H,59,60,61)(H,62,63,64). The molecule has 0 saturated heterocycles. The van der Waals surface area contributed by atoms with Crippen LogP contribution in [0.3, 0.4) is 0 Å². The minimum atomic E-state index is -4.54. The maximum atomic E-state index is 15.4. The van der Waals surface area contributed by atoms with Gasteiger partial charge in [0.15, 0.2) is 0 Å². The predicted molar refractivity (Wildman–Crippen MR) is 261 cm³/mol. The van der Waals surface area contributed by atoms with Gasteiger partial charge in [-0.05, 0) is 130 Å². The molecule has 0 aromatic heterocycles. The number of hydrogen-bond donors (Lipinski definition) is 2. The van der Waals surface area contributed by atoms with Gasteiger partial charge in [-0.3, -0.25) is 18.7 Å². The molecule has 342 valence electrons. The van der Waals surface area contributed by atoms with Crippen molar-refractivity contribution in [3.63, 3.8) is 0 Å². The van der Waals surface area contributed by atoms with E-state index in [0.29, 0.717) is 63.0 Å². The molecule has 0 spiro atoms. The minimum absolute atomic E-state index is 0.0917. The summed E-state index contributed by atoms with van der Waals surface area (Å²) >= 11 is 0. The van der Waals surface area contributed by atoms with Crippen molar-refractivity contribution in [3.8, 4) is 34.8 Å². The molecule has 0 bridgehead atoms. The Balaban J connectivity index is 1.38. The molecule has 1 aliphatic rings. The molecule has 0 aliphatic carbocycles. The summed E-state index contributed by atoms with van der Waals surface area (Å²) in [6, 6.07) is 28.8. The Bertz CT molecular complexity index is 3560. The lowest BCUT2D eigenvalue weighted by Crippen LogP contribution is -2.42. The number of amides is 2. The second-order valence-corrected chi connectivity index (χ2v) is 19.9. The second-order valence-electron chi connectivity index (χ2n) is 17.1. The van der Waals surface area contributed by atoms with Gasteiger partial charge in [0.05, 0.1) is 26.6 Å². The summed E-state index contributed by atoms with van der Waals surface area (Å²) in [6.45, 7) is 8.33. The van der Waals surface area contributed by atoms with E-state index >= 15 is 9.59 Å². The van der Waals surface area contributed by atoms with Crippen LogP contribution >= 0.6 is 0 Å². The number of fused-ring (bicyclic) bond motifs is 2. The van der Waals surface area contributed by atoms with Gasteiger partial charge in [-0.2, -0.15) is 16.8 Å². The van der Waals surface area contributed by atoms with Gasteiger partial charge in [0.2, 0.25) is 0 Å². The first-order valence-electron chi connectivity index (χ1n) is 21.7. The lowest BCUT2D eigenvalue weighted by Gasteiger charge is -2.33. The molecular weight excluding hydrogens is 905 g/mol. The molecule has 14 nitrogen and oxygen atoms in total. The van der Waals surface area contributed by atoms with E-state index in [1.807, 2.05) is 76.2 Å². The van der Waals surface area contributed by atoms with Crippen molar-refractivity contribution >= 4 is 80.8 Å². The molecule has 0 fully saturated rings. The monoisotopic (exact) mass is 946 g/mol. The van der Waals surface area contributed by atoms with E-state index < -0.39 is 32.1 Å². The van der Waals surface area contributed by atoms with Crippen molar-refractivity contribution in [2.75, 3.05) is 11.4 Å². The zero-order chi connectivity index (χ0) is 48.2. The Hall–Kier alpha value is -7.51. The van der Waals surface area contributed by atoms with Gasteiger partial charge in [0, 0.05) is 45.0 Å². The Morgan fingerprint density at radius 3 is 1.63 bits per heavy atom. The molecule has 1 aliphatic heterocycles. The summed E-state index contributed by atoms with van der Waals surface area (Å²) in [5.41, 5.74) is 11.7. The maximum Gasteiger partial charge on any atom is 0.294 e. The largest absolute Gasteiger partial charge is 0.457 e. The first-order chi connectivity index (χ1) is 32.5. The van der Waals surface area contributed by atoms with Crippen LogP contribution in [0.2, 0.25) is 0 Å². The molecule has 16 heteroatoms. The Morgan fingerprint density at radius 2 is 1.13 bits per heavy atom. The normalized spacial score (nSPS) is 12.9. The lowest BCUT2D eigenvalue weighted by atomic mass is 9.82. The third-order valence-corrected chi connectivity index (χ3v) is 13.9. The predicted octanol–water partition coefficient (Wildman–Crippen LogP) is 12.7. The highest BCUT2D eigenvalue weighted by atomic mass is 32.2. The fourth-order valence-corrected chi connectivity index (χ4v) is 10.0. The van der Waals surface area contributed by atoms with Crippen molar-refractivity contribution in [2.24, 2.45) is 5.11 Å². The van der Waals surface area contributed by atoms with E-state index in [2.05, 4.69) is 21.9 Å². The summed E-state index contributed by atoms with van der Waals surface area (Å²) in [5, 5.41) is 8.27. The number of unbranched alkanes of at least 4 members (excludes halogenated alkanes) is 2. The molecular formula is C52H42N4O10S2. The fourth-order valence-electron chi connectivity index (χ4n) is 9.07. The average molecular weight is 947 g/mol. The molecule has 0 unspecified atom stereocenters. The number of nitrogens with zero attached hydrogens (tertiary/aromatic N) is 4. The first kappa shape index (κ1) is 45.6. The number of carbonyl (C=O) groups is 2. The Kier molecular flexibility index (Phi) is 11.8. The highest BCUT2D eigenvalue weighted by Gasteiger charge is 2.40. The number of imide groups is 1. The van der Waals surface area contributed by atoms with Gasteiger partial charge in [-0.25, -0.2) is 4.90 Å². The van der Waals surface area contributed by atoms with Gasteiger partial charge in [0.1, 0.15) is 23.0 Å². The van der Waals surface area contributed by atoms with Crippen molar-refractivity contribution in [1.29, 1.82) is 0 Å². The minimum Gasteiger partial charge on any atom is -0.457 e. The summed E-state index contributed by atoms with van der Waals surface area (Å²) in [6.07, 6.45) is 1.96. The molecule has 8 aromatic carbocycles. The number of para-hydroxylation sites is 1. The first-order valence-corrected chi connectivity index (χ1v) is 24.6. The van der Waals surface area contributed by atoms with Gasteiger partial charge < -0.3 is 9.47 Å². The van der Waals surface area contributed by atoms with Crippen molar-refractivity contribution in [3.05, 3.63) is 147 Å². The number of hydrogen-bond acceptors (Lipinski definition) is 9. The van der Waals surface area contributed by atoms with E-state index in [9.17, 15) is 25.9 Å². The van der Waals surface area contributed by atoms with Crippen LogP contribution in [0.25, 0.3) is 53.5 Å². The average Bonchev–Trinajstić information content (AvgIpc) is 3.30. The zero-order valence-electron chi connectivity index (χ0n) is 37.1. The van der Waals surface area contributed by atoms with Gasteiger partial charge in [-0.15, -0.1) is 0 Å². The Labute approximate surface area is 391 Å². The summed E-state index contributed by atoms with van der Waals surface area (Å²) in [4.78, 5) is 34.2. The summed E-state index contributed by atoms with van der Waals surface area (Å²) in [5.74, 6) is 5.92. The van der Waals surface area contributed by atoms with Gasteiger partial charge in [-0.1, -0.05) is 87.1 Å². The third-order valence-electron chi connectivity index (χ3n) is 12.1. The maximum absolute atomic E-state index is 15.4. The van der Waals surface area contributed by atoms with Crippen LogP contribution in [0.1, 0.15) is 96.2 Å². The van der Waals surface area contributed by atoms with E-state index in [1.54, 1.807) is 12.1 Å². The van der Waals surface area contributed by atoms with Gasteiger partial charge >= 0.3 is 0 Å². The highest BCUT2D eigenvalue weighted by Crippen LogP contribution is 2.53. The molecule has 1 heterocycles. The molecule has 68 heavy (non-hydrogen) atoms. The highest BCUT2D eigenvalue weighted by molar-refractivity contribution is 7.86. The second kappa shape index (κ2) is 17.6. The van der Waals surface area contributed by atoms with Crippen molar-refractivity contribution in [1.82, 2.24) is 0 Å². The molecule has 0 saturated carbocycles. The third kappa shape index (κ3) is 8.10. The van der Waals surface area contributed by atoms with Gasteiger partial charge in [0.25, 0.3) is 32.1 Å². The number of ether oxygens (including phenoxy) is 2. The Morgan fingerprint density at radius 1 is 0.632 bits per heavy atom.